The number of carbonyl (C=O) groups is 3. The normalized spacial score (nSPS) is 28.8. The molecule has 0 bridgehead atoms. The second-order valence-corrected chi connectivity index (χ2v) is 9.27. The van der Waals surface area contributed by atoms with Crippen molar-refractivity contribution in [1.82, 2.24) is 0 Å². The van der Waals surface area contributed by atoms with E-state index in [-0.39, 0.29) is 36.5 Å². The molecule has 0 radical (unpaired) electrons. The molecule has 2 heterocycles. The van der Waals surface area contributed by atoms with E-state index in [1.165, 1.54) is 25.1 Å². The van der Waals surface area contributed by atoms with Gasteiger partial charge in [0.25, 0.3) is 0 Å². The average molecular weight is 583 g/mol. The minimum absolute atomic E-state index is 0.00138. The molecule has 1 fully saturated rings. The lowest BCUT2D eigenvalue weighted by molar-refractivity contribution is -0.327. The Bertz CT molecular complexity index is 1110. The molecule has 14 heteroatoms. The fourth-order valence-corrected chi connectivity index (χ4v) is 4.25. The lowest BCUT2D eigenvalue weighted by Gasteiger charge is -2.42. The summed E-state index contributed by atoms with van der Waals surface area (Å²) in [5, 5.41) is 49.5. The first-order valence-corrected chi connectivity index (χ1v) is 12.7. The lowest BCUT2D eigenvalue weighted by atomic mass is 9.86. The number of hydrogen-bond acceptors (Lipinski definition) is 14. The van der Waals surface area contributed by atoms with E-state index in [2.05, 4.69) is 0 Å². The van der Waals surface area contributed by atoms with Gasteiger partial charge in [-0.2, -0.15) is 0 Å². The van der Waals surface area contributed by atoms with Crippen molar-refractivity contribution in [3.63, 3.8) is 0 Å². The van der Waals surface area contributed by atoms with Gasteiger partial charge in [0.15, 0.2) is 6.29 Å². The van der Waals surface area contributed by atoms with Crippen LogP contribution in [0.5, 0.6) is 5.75 Å². The Kier molecular flexibility index (Phi) is 11.6. The van der Waals surface area contributed by atoms with Crippen LogP contribution in [0.3, 0.4) is 0 Å². The molecule has 0 unspecified atom stereocenters. The lowest BCUT2D eigenvalue weighted by Crippen LogP contribution is -2.60. The van der Waals surface area contributed by atoms with Crippen molar-refractivity contribution in [3.8, 4) is 5.75 Å². The first-order valence-electron chi connectivity index (χ1n) is 12.7. The topological polar surface area (TPSA) is 208 Å². The summed E-state index contributed by atoms with van der Waals surface area (Å²) in [5.74, 6) is -3.09. The molecular weight excluding hydrogens is 548 g/mol. The van der Waals surface area contributed by atoms with Gasteiger partial charge < -0.3 is 54.0 Å². The number of ether oxygens (including phenoxy) is 6. The van der Waals surface area contributed by atoms with Crippen molar-refractivity contribution in [2.45, 2.75) is 56.8 Å². The van der Waals surface area contributed by atoms with E-state index in [0.717, 1.165) is 18.9 Å². The zero-order valence-electron chi connectivity index (χ0n) is 22.5. The fourth-order valence-electron chi connectivity index (χ4n) is 4.25. The van der Waals surface area contributed by atoms with Gasteiger partial charge in [-0.15, -0.1) is 0 Å². The Morgan fingerprint density at radius 3 is 2.37 bits per heavy atom. The van der Waals surface area contributed by atoms with Gasteiger partial charge in [0.1, 0.15) is 36.8 Å². The van der Waals surface area contributed by atoms with E-state index in [1.54, 1.807) is 12.1 Å². The van der Waals surface area contributed by atoms with Crippen LogP contribution < -0.4 is 0 Å². The van der Waals surface area contributed by atoms with Crippen LogP contribution in [0.1, 0.15) is 18.9 Å². The Labute approximate surface area is 235 Å². The molecular formula is C27H34O14. The summed E-state index contributed by atoms with van der Waals surface area (Å²) in [6.45, 7) is 0.182. The molecule has 14 nitrogen and oxygen atoms in total. The van der Waals surface area contributed by atoms with Crippen LogP contribution in [0.25, 0.3) is 0 Å². The minimum Gasteiger partial charge on any atom is -0.508 e. The number of phenolic OH excluding ortho intramolecular Hbond substituents is 1. The third-order valence-electron chi connectivity index (χ3n) is 6.46. The molecule has 1 aromatic carbocycles. The molecule has 0 spiro atoms. The average Bonchev–Trinajstić information content (AvgIpc) is 2.95. The number of methoxy groups -OCH3 is 1. The van der Waals surface area contributed by atoms with Gasteiger partial charge in [-0.05, 0) is 23.8 Å². The molecule has 0 amide bonds. The SMILES string of the molecule is COC(=O)C1=CO[C@@H](O[C@@H]2O[C@H](CO)[C@@H](O)[C@@H](O)[C@H]2O)C(=CCOC(C)=O)[C@@H]1CC(=O)OCCc1ccc(O)cc1. The van der Waals surface area contributed by atoms with Crippen LogP contribution in [0, 0.1) is 5.92 Å². The molecule has 7 atom stereocenters. The zero-order valence-corrected chi connectivity index (χ0v) is 22.5. The van der Waals surface area contributed by atoms with Crippen LogP contribution in [0.15, 0.2) is 47.7 Å². The van der Waals surface area contributed by atoms with Crippen LogP contribution in [-0.2, 0) is 49.2 Å². The summed E-state index contributed by atoms with van der Waals surface area (Å²) in [7, 11) is 1.13. The third kappa shape index (κ3) is 8.48. The Balaban J connectivity index is 1.82. The highest BCUT2D eigenvalue weighted by molar-refractivity contribution is 5.90. The van der Waals surface area contributed by atoms with E-state index >= 15 is 0 Å². The predicted octanol–water partition coefficient (Wildman–Crippen LogP) is -0.797. The van der Waals surface area contributed by atoms with Gasteiger partial charge in [0.05, 0.1) is 38.6 Å². The molecule has 0 aromatic heterocycles. The number of phenols is 1. The van der Waals surface area contributed by atoms with Crippen molar-refractivity contribution in [2.24, 2.45) is 5.92 Å². The largest absolute Gasteiger partial charge is 0.508 e. The number of carbonyl (C=O) groups excluding carboxylic acids is 3. The molecule has 0 saturated carbocycles. The zero-order chi connectivity index (χ0) is 30.1. The molecule has 41 heavy (non-hydrogen) atoms. The number of esters is 3. The summed E-state index contributed by atoms with van der Waals surface area (Å²) >= 11 is 0. The maximum atomic E-state index is 12.9. The van der Waals surface area contributed by atoms with E-state index < -0.39 is 67.4 Å². The Hall–Kier alpha value is -3.53. The highest BCUT2D eigenvalue weighted by Gasteiger charge is 2.47. The quantitative estimate of drug-likeness (QED) is 0.123. The maximum Gasteiger partial charge on any atom is 0.337 e. The molecule has 2 aliphatic rings. The summed E-state index contributed by atoms with van der Waals surface area (Å²) in [6, 6.07) is 6.36. The predicted molar refractivity (Wildman–Crippen MR) is 135 cm³/mol. The first kappa shape index (κ1) is 32.0. The van der Waals surface area contributed by atoms with E-state index in [9.17, 15) is 39.9 Å². The third-order valence-corrected chi connectivity index (χ3v) is 6.46. The van der Waals surface area contributed by atoms with E-state index in [4.69, 9.17) is 28.4 Å². The number of aromatic hydroxyl groups is 1. The fraction of sp³-hybridized carbons (Fsp3) is 0.519. The number of benzene rings is 1. The molecule has 2 aliphatic heterocycles. The standard InChI is InChI=1S/C27H34O14/c1-14(29)37-10-8-17-18(11-21(31)38-9-7-15-3-5-16(30)6-4-15)19(25(35)36-2)13-39-26(17)41-27-24(34)23(33)22(32)20(12-28)40-27/h3-6,8,13,18,20,22-24,26-28,30,32-34H,7,9-12H2,1-2H3/t18-,20+,22+,23+,24+,26-,27-/m0/s1. The summed E-state index contributed by atoms with van der Waals surface area (Å²) in [5.41, 5.74) is 0.846. The van der Waals surface area contributed by atoms with Gasteiger partial charge in [0.2, 0.25) is 6.29 Å². The molecule has 1 aromatic rings. The Morgan fingerprint density at radius 2 is 1.73 bits per heavy atom. The highest BCUT2D eigenvalue weighted by Crippen LogP contribution is 2.36. The Morgan fingerprint density at radius 1 is 1.02 bits per heavy atom. The maximum absolute atomic E-state index is 12.9. The van der Waals surface area contributed by atoms with Gasteiger partial charge >= 0.3 is 17.9 Å². The second kappa shape index (κ2) is 14.9. The van der Waals surface area contributed by atoms with Crippen LogP contribution >= 0.6 is 0 Å². The molecule has 0 aliphatic carbocycles. The van der Waals surface area contributed by atoms with Crippen LogP contribution in [0.4, 0.5) is 0 Å². The van der Waals surface area contributed by atoms with Crippen molar-refractivity contribution in [3.05, 3.63) is 53.3 Å². The molecule has 3 rings (SSSR count). The first-order chi connectivity index (χ1) is 19.5. The van der Waals surface area contributed by atoms with Crippen LogP contribution in [-0.4, -0.2) is 107 Å². The minimum atomic E-state index is -1.76. The summed E-state index contributed by atoms with van der Waals surface area (Å²) < 4.78 is 31.9. The van der Waals surface area contributed by atoms with E-state index in [1.807, 2.05) is 0 Å². The summed E-state index contributed by atoms with van der Waals surface area (Å²) in [6.07, 6.45) is -7.11. The summed E-state index contributed by atoms with van der Waals surface area (Å²) in [4.78, 5) is 36.8. The molecule has 226 valence electrons. The second-order valence-electron chi connectivity index (χ2n) is 9.27. The van der Waals surface area contributed by atoms with Gasteiger partial charge in [0, 0.05) is 24.8 Å². The van der Waals surface area contributed by atoms with Crippen molar-refractivity contribution in [1.29, 1.82) is 0 Å². The molecule has 5 N–H and O–H groups in total. The number of hydrogen-bond donors (Lipinski definition) is 5. The smallest absolute Gasteiger partial charge is 0.337 e. The number of rotatable bonds is 11. The monoisotopic (exact) mass is 582 g/mol. The number of aliphatic hydroxyl groups is 4. The van der Waals surface area contributed by atoms with Gasteiger partial charge in [-0.1, -0.05) is 12.1 Å². The van der Waals surface area contributed by atoms with Gasteiger partial charge in [-0.25, -0.2) is 4.79 Å². The van der Waals surface area contributed by atoms with Crippen molar-refractivity contribution >= 4 is 17.9 Å². The van der Waals surface area contributed by atoms with E-state index in [0.29, 0.717) is 6.42 Å². The van der Waals surface area contributed by atoms with Gasteiger partial charge in [-0.3, -0.25) is 9.59 Å². The number of aliphatic hydroxyl groups excluding tert-OH is 4. The van der Waals surface area contributed by atoms with Crippen LogP contribution in [0.2, 0.25) is 0 Å². The molecule has 1 saturated heterocycles. The van der Waals surface area contributed by atoms with Crippen molar-refractivity contribution < 1.29 is 68.3 Å². The highest BCUT2D eigenvalue weighted by atomic mass is 16.8. The van der Waals surface area contributed by atoms with Crippen molar-refractivity contribution in [2.75, 3.05) is 26.9 Å².